The minimum atomic E-state index is -0.449. The molecule has 2 unspecified atom stereocenters. The summed E-state index contributed by atoms with van der Waals surface area (Å²) in [5.41, 5.74) is 10.2. The largest absolute Gasteiger partial charge is 0.370 e. The molecular formula is C10H19N3O2S. The Morgan fingerprint density at radius 3 is 2.69 bits per heavy atom. The highest BCUT2D eigenvalue weighted by atomic mass is 32.2. The quantitative estimate of drug-likeness (QED) is 0.597. The first-order valence-electron chi connectivity index (χ1n) is 5.55. The maximum atomic E-state index is 10.8. The van der Waals surface area contributed by atoms with Crippen molar-refractivity contribution < 1.29 is 9.59 Å². The third kappa shape index (κ3) is 4.74. The van der Waals surface area contributed by atoms with E-state index in [1.54, 1.807) is 0 Å². The summed E-state index contributed by atoms with van der Waals surface area (Å²) in [6, 6.07) is -0.259. The van der Waals surface area contributed by atoms with E-state index in [1.807, 2.05) is 11.8 Å². The Morgan fingerprint density at radius 2 is 2.06 bits per heavy atom. The van der Waals surface area contributed by atoms with E-state index in [4.69, 9.17) is 11.5 Å². The average molecular weight is 245 g/mol. The van der Waals surface area contributed by atoms with E-state index in [0.29, 0.717) is 11.7 Å². The molecule has 1 aliphatic heterocycles. The number of urea groups is 1. The monoisotopic (exact) mass is 245 g/mol. The van der Waals surface area contributed by atoms with E-state index in [2.05, 4.69) is 5.32 Å². The maximum absolute atomic E-state index is 10.8. The summed E-state index contributed by atoms with van der Waals surface area (Å²) in [4.78, 5) is 21.3. The molecule has 5 nitrogen and oxygen atoms in total. The fraction of sp³-hybridized carbons (Fsp3) is 0.800. The Labute approximate surface area is 99.7 Å². The van der Waals surface area contributed by atoms with Gasteiger partial charge in [0, 0.05) is 17.7 Å². The van der Waals surface area contributed by atoms with Gasteiger partial charge >= 0.3 is 6.03 Å². The number of amides is 3. The second-order valence-electron chi connectivity index (χ2n) is 4.03. The van der Waals surface area contributed by atoms with Gasteiger partial charge in [0.15, 0.2) is 0 Å². The molecule has 0 saturated carbocycles. The van der Waals surface area contributed by atoms with Crippen LogP contribution in [0.15, 0.2) is 0 Å². The van der Waals surface area contributed by atoms with Crippen molar-refractivity contribution in [2.45, 2.75) is 43.4 Å². The van der Waals surface area contributed by atoms with Gasteiger partial charge in [0.05, 0.1) is 0 Å². The van der Waals surface area contributed by atoms with Crippen molar-refractivity contribution >= 4 is 23.7 Å². The van der Waals surface area contributed by atoms with Gasteiger partial charge in [-0.1, -0.05) is 6.42 Å². The number of carbonyl (C=O) groups is 2. The molecule has 0 bridgehead atoms. The third-order valence-corrected chi connectivity index (χ3v) is 4.16. The van der Waals surface area contributed by atoms with Gasteiger partial charge in [-0.05, 0) is 25.0 Å². The van der Waals surface area contributed by atoms with Gasteiger partial charge in [-0.25, -0.2) is 4.79 Å². The summed E-state index contributed by atoms with van der Waals surface area (Å²) in [7, 11) is 0. The van der Waals surface area contributed by atoms with E-state index in [9.17, 15) is 9.59 Å². The van der Waals surface area contributed by atoms with Crippen LogP contribution in [0.4, 0.5) is 4.79 Å². The van der Waals surface area contributed by atoms with E-state index < -0.39 is 6.03 Å². The fourth-order valence-corrected chi connectivity index (χ4v) is 3.39. The predicted molar refractivity (Wildman–Crippen MR) is 65.0 cm³/mol. The lowest BCUT2D eigenvalue weighted by molar-refractivity contribution is -0.118. The van der Waals surface area contributed by atoms with Crippen molar-refractivity contribution in [3.63, 3.8) is 0 Å². The summed E-state index contributed by atoms with van der Waals surface area (Å²) in [5.74, 6) is 0.816. The lowest BCUT2D eigenvalue weighted by Crippen LogP contribution is -2.42. The SMILES string of the molecule is NC(=O)CCCCC1SCCC1NC(N)=O. The van der Waals surface area contributed by atoms with E-state index in [-0.39, 0.29) is 11.9 Å². The molecule has 1 heterocycles. The number of primary amides is 2. The molecule has 3 amide bonds. The van der Waals surface area contributed by atoms with Crippen LogP contribution in [-0.4, -0.2) is 29.0 Å². The average Bonchev–Trinajstić information content (AvgIpc) is 2.59. The molecular weight excluding hydrogens is 226 g/mol. The van der Waals surface area contributed by atoms with Crippen molar-refractivity contribution in [3.8, 4) is 0 Å². The number of carbonyl (C=O) groups excluding carboxylic acids is 2. The molecule has 2 atom stereocenters. The molecule has 0 aromatic heterocycles. The van der Waals surface area contributed by atoms with Crippen molar-refractivity contribution in [2.75, 3.05) is 5.75 Å². The standard InChI is InChI=1S/C10H19N3O2S/c11-9(14)4-2-1-3-8-7(5-6-16-8)13-10(12)15/h7-8H,1-6H2,(H2,11,14)(H3,12,13,15). The third-order valence-electron chi connectivity index (χ3n) is 2.70. The van der Waals surface area contributed by atoms with Gasteiger partial charge in [0.1, 0.15) is 0 Å². The van der Waals surface area contributed by atoms with Crippen LogP contribution in [0.25, 0.3) is 0 Å². The first-order chi connectivity index (χ1) is 7.59. The van der Waals surface area contributed by atoms with Crippen LogP contribution in [0.2, 0.25) is 0 Å². The summed E-state index contributed by atoms with van der Waals surface area (Å²) in [5, 5.41) is 3.20. The lowest BCUT2D eigenvalue weighted by Gasteiger charge is -2.18. The van der Waals surface area contributed by atoms with Gasteiger partial charge in [-0.15, -0.1) is 0 Å². The van der Waals surface area contributed by atoms with Gasteiger partial charge in [-0.2, -0.15) is 11.8 Å². The number of hydrogen-bond donors (Lipinski definition) is 3. The zero-order valence-corrected chi connectivity index (χ0v) is 10.1. The predicted octanol–water partition coefficient (Wildman–Crippen LogP) is 0.574. The Balaban J connectivity index is 2.19. The number of hydrogen-bond acceptors (Lipinski definition) is 3. The molecule has 16 heavy (non-hydrogen) atoms. The molecule has 92 valence electrons. The highest BCUT2D eigenvalue weighted by molar-refractivity contribution is 8.00. The van der Waals surface area contributed by atoms with Crippen molar-refractivity contribution in [1.82, 2.24) is 5.32 Å². The number of rotatable bonds is 6. The second kappa shape index (κ2) is 6.62. The van der Waals surface area contributed by atoms with Gasteiger partial charge in [-0.3, -0.25) is 4.79 Å². The van der Waals surface area contributed by atoms with Crippen LogP contribution in [0, 0.1) is 0 Å². The molecule has 1 saturated heterocycles. The van der Waals surface area contributed by atoms with Crippen LogP contribution in [-0.2, 0) is 4.79 Å². The number of nitrogens with two attached hydrogens (primary N) is 2. The Morgan fingerprint density at radius 1 is 1.31 bits per heavy atom. The molecule has 0 spiro atoms. The molecule has 0 radical (unpaired) electrons. The number of thioether (sulfide) groups is 1. The van der Waals surface area contributed by atoms with Crippen LogP contribution >= 0.6 is 11.8 Å². The first-order valence-corrected chi connectivity index (χ1v) is 6.60. The highest BCUT2D eigenvalue weighted by Crippen LogP contribution is 2.30. The zero-order valence-electron chi connectivity index (χ0n) is 9.28. The van der Waals surface area contributed by atoms with Crippen LogP contribution in [0.1, 0.15) is 32.1 Å². The molecule has 0 aromatic rings. The molecule has 0 aliphatic carbocycles. The Bertz CT molecular complexity index is 260. The molecule has 1 rings (SSSR count). The van der Waals surface area contributed by atoms with Gasteiger partial charge in [0.25, 0.3) is 0 Å². The maximum Gasteiger partial charge on any atom is 0.312 e. The summed E-state index contributed by atoms with van der Waals surface area (Å²) in [6.07, 6.45) is 4.23. The zero-order chi connectivity index (χ0) is 12.0. The summed E-state index contributed by atoms with van der Waals surface area (Å²) >= 11 is 1.86. The molecule has 6 heteroatoms. The normalized spacial score (nSPS) is 24.2. The molecule has 0 aromatic carbocycles. The van der Waals surface area contributed by atoms with Crippen LogP contribution in [0.5, 0.6) is 0 Å². The molecule has 1 aliphatic rings. The summed E-state index contributed by atoms with van der Waals surface area (Å²) < 4.78 is 0. The van der Waals surface area contributed by atoms with E-state index in [1.165, 1.54) is 0 Å². The van der Waals surface area contributed by atoms with Gasteiger partial charge < -0.3 is 16.8 Å². The lowest BCUT2D eigenvalue weighted by atomic mass is 10.0. The topological polar surface area (TPSA) is 98.2 Å². The van der Waals surface area contributed by atoms with Crippen molar-refractivity contribution in [1.29, 1.82) is 0 Å². The van der Waals surface area contributed by atoms with Crippen LogP contribution < -0.4 is 16.8 Å². The smallest absolute Gasteiger partial charge is 0.312 e. The second-order valence-corrected chi connectivity index (χ2v) is 5.37. The number of nitrogens with one attached hydrogen (secondary N) is 1. The van der Waals surface area contributed by atoms with E-state index in [0.717, 1.165) is 31.4 Å². The Kier molecular flexibility index (Phi) is 5.45. The fourth-order valence-electron chi connectivity index (χ4n) is 1.93. The van der Waals surface area contributed by atoms with Gasteiger partial charge in [0.2, 0.25) is 5.91 Å². The summed E-state index contributed by atoms with van der Waals surface area (Å²) in [6.45, 7) is 0. The van der Waals surface area contributed by atoms with E-state index >= 15 is 0 Å². The van der Waals surface area contributed by atoms with Crippen molar-refractivity contribution in [2.24, 2.45) is 11.5 Å². The molecule has 1 fully saturated rings. The minimum absolute atomic E-state index is 0.191. The first kappa shape index (κ1) is 13.2. The Hall–Kier alpha value is -0.910. The minimum Gasteiger partial charge on any atom is -0.370 e. The van der Waals surface area contributed by atoms with Crippen LogP contribution in [0.3, 0.4) is 0 Å². The number of unbranched alkanes of at least 4 members (excludes halogenated alkanes) is 1. The van der Waals surface area contributed by atoms with Crippen molar-refractivity contribution in [3.05, 3.63) is 0 Å². The highest BCUT2D eigenvalue weighted by Gasteiger charge is 2.27. The molecule has 5 N–H and O–H groups in total.